The molecule has 1 aromatic rings. The third-order valence-electron chi connectivity index (χ3n) is 4.49. The summed E-state index contributed by atoms with van der Waals surface area (Å²) in [4.78, 5) is 21.2. The van der Waals surface area contributed by atoms with Crippen LogP contribution in [0.4, 0.5) is 14.7 Å². The van der Waals surface area contributed by atoms with E-state index < -0.39 is 17.8 Å². The Kier molecular flexibility index (Phi) is 3.07. The van der Waals surface area contributed by atoms with Crippen LogP contribution in [0, 0.1) is 11.3 Å². The maximum absolute atomic E-state index is 12.5. The van der Waals surface area contributed by atoms with Gasteiger partial charge < -0.3 is 10.0 Å². The summed E-state index contributed by atoms with van der Waals surface area (Å²) in [5.41, 5.74) is -0.939. The van der Waals surface area contributed by atoms with Crippen molar-refractivity contribution in [2.45, 2.75) is 25.7 Å². The van der Waals surface area contributed by atoms with E-state index in [1.54, 1.807) is 4.90 Å². The van der Waals surface area contributed by atoms with E-state index in [1.807, 2.05) is 0 Å². The van der Waals surface area contributed by atoms with Crippen LogP contribution in [0.25, 0.3) is 0 Å². The lowest BCUT2D eigenvalue weighted by Crippen LogP contribution is -2.36. The smallest absolute Gasteiger partial charge is 0.311 e. The van der Waals surface area contributed by atoms with E-state index in [9.17, 15) is 18.7 Å². The van der Waals surface area contributed by atoms with Crippen LogP contribution in [0.5, 0.6) is 0 Å². The first-order valence-electron chi connectivity index (χ1n) is 6.61. The number of anilines is 1. The van der Waals surface area contributed by atoms with E-state index in [0.717, 1.165) is 25.2 Å². The molecule has 20 heavy (non-hydrogen) atoms. The molecule has 5 nitrogen and oxygen atoms in total. The number of hydrogen-bond acceptors (Lipinski definition) is 4. The predicted octanol–water partition coefficient (Wildman–Crippen LogP) is 2.11. The van der Waals surface area contributed by atoms with Crippen LogP contribution in [0.2, 0.25) is 0 Å². The van der Waals surface area contributed by atoms with Gasteiger partial charge in [0.25, 0.3) is 6.43 Å². The Hall–Kier alpha value is -1.79. The highest BCUT2D eigenvalue weighted by molar-refractivity contribution is 5.77. The molecule has 108 valence electrons. The molecule has 3 rings (SSSR count). The van der Waals surface area contributed by atoms with E-state index in [4.69, 9.17) is 0 Å². The maximum Gasteiger partial charge on any atom is 0.311 e. The van der Waals surface area contributed by atoms with Crippen molar-refractivity contribution in [3.05, 3.63) is 18.0 Å². The predicted molar refractivity (Wildman–Crippen MR) is 66.6 cm³/mol. The van der Waals surface area contributed by atoms with Gasteiger partial charge >= 0.3 is 5.97 Å². The Morgan fingerprint density at radius 2 is 2.15 bits per heavy atom. The molecule has 2 heterocycles. The van der Waals surface area contributed by atoms with Crippen LogP contribution in [0.3, 0.4) is 0 Å². The summed E-state index contributed by atoms with van der Waals surface area (Å²) in [6.45, 7) is 0.946. The summed E-state index contributed by atoms with van der Waals surface area (Å²) in [6.07, 6.45) is 2.10. The zero-order chi connectivity index (χ0) is 14.3. The lowest BCUT2D eigenvalue weighted by atomic mass is 9.81. The Morgan fingerprint density at radius 1 is 1.45 bits per heavy atom. The molecule has 1 saturated heterocycles. The molecule has 0 amide bonds. The summed E-state index contributed by atoms with van der Waals surface area (Å²) in [6, 6.07) is 0. The van der Waals surface area contributed by atoms with E-state index in [0.29, 0.717) is 25.5 Å². The van der Waals surface area contributed by atoms with Crippen molar-refractivity contribution in [2.75, 3.05) is 18.0 Å². The van der Waals surface area contributed by atoms with E-state index in [2.05, 4.69) is 9.97 Å². The molecular weight excluding hydrogens is 268 g/mol. The lowest BCUT2D eigenvalue weighted by Gasteiger charge is -2.23. The molecule has 2 aliphatic rings. The summed E-state index contributed by atoms with van der Waals surface area (Å²) in [5.74, 6) is -0.338. The third-order valence-corrected chi connectivity index (χ3v) is 4.49. The van der Waals surface area contributed by atoms with Crippen molar-refractivity contribution < 1.29 is 18.7 Å². The number of carboxylic acids is 1. The van der Waals surface area contributed by atoms with Gasteiger partial charge in [-0.25, -0.2) is 18.7 Å². The van der Waals surface area contributed by atoms with Crippen LogP contribution in [-0.4, -0.2) is 34.1 Å². The van der Waals surface area contributed by atoms with Crippen molar-refractivity contribution in [1.29, 1.82) is 0 Å². The molecule has 1 saturated carbocycles. The number of rotatable bonds is 3. The first-order chi connectivity index (χ1) is 9.53. The summed E-state index contributed by atoms with van der Waals surface area (Å²) in [5, 5.41) is 9.49. The highest BCUT2D eigenvalue weighted by Gasteiger charge is 2.55. The minimum atomic E-state index is -2.59. The number of nitrogens with zero attached hydrogens (tertiary/aromatic N) is 3. The van der Waals surface area contributed by atoms with E-state index in [-0.39, 0.29) is 11.5 Å². The second-order valence-corrected chi connectivity index (χ2v) is 5.55. The molecular formula is C13H15F2N3O2. The molecule has 7 heteroatoms. The lowest BCUT2D eigenvalue weighted by molar-refractivity contribution is -0.149. The molecule has 0 bridgehead atoms. The molecule has 1 aromatic heterocycles. The van der Waals surface area contributed by atoms with Gasteiger partial charge in [-0.3, -0.25) is 4.79 Å². The average Bonchev–Trinajstić information content (AvgIpc) is 2.96. The topological polar surface area (TPSA) is 66.3 Å². The average molecular weight is 283 g/mol. The third kappa shape index (κ3) is 1.92. The van der Waals surface area contributed by atoms with Crippen LogP contribution in [0.15, 0.2) is 12.4 Å². The minimum absolute atomic E-state index is 0.0957. The fraction of sp³-hybridized carbons (Fsp3) is 0.615. The van der Waals surface area contributed by atoms with Crippen molar-refractivity contribution in [2.24, 2.45) is 11.3 Å². The maximum atomic E-state index is 12.5. The van der Waals surface area contributed by atoms with Gasteiger partial charge in [0.1, 0.15) is 0 Å². The van der Waals surface area contributed by atoms with Gasteiger partial charge in [0, 0.05) is 25.5 Å². The first kappa shape index (κ1) is 13.2. The molecule has 0 aromatic carbocycles. The van der Waals surface area contributed by atoms with Gasteiger partial charge in [0.2, 0.25) is 5.95 Å². The number of alkyl halides is 2. The van der Waals surface area contributed by atoms with Crippen molar-refractivity contribution in [3.63, 3.8) is 0 Å². The Bertz CT molecular complexity index is 523. The Balaban J connectivity index is 1.81. The molecule has 0 radical (unpaired) electrons. The molecule has 2 fully saturated rings. The van der Waals surface area contributed by atoms with Crippen LogP contribution < -0.4 is 4.90 Å². The fourth-order valence-corrected chi connectivity index (χ4v) is 3.40. The molecule has 2 atom stereocenters. The summed E-state index contributed by atoms with van der Waals surface area (Å²) < 4.78 is 24.9. The van der Waals surface area contributed by atoms with Crippen molar-refractivity contribution in [1.82, 2.24) is 9.97 Å². The number of hydrogen-bond donors (Lipinski definition) is 1. The summed E-state index contributed by atoms with van der Waals surface area (Å²) in [7, 11) is 0. The largest absolute Gasteiger partial charge is 0.481 e. The van der Waals surface area contributed by atoms with E-state index in [1.165, 1.54) is 0 Å². The van der Waals surface area contributed by atoms with Gasteiger partial charge in [0.05, 0.1) is 11.0 Å². The van der Waals surface area contributed by atoms with Gasteiger partial charge in [-0.1, -0.05) is 6.42 Å². The number of aromatic nitrogens is 2. The SMILES string of the molecule is O=C(O)[C@@]12CCC[C@H]1CN(c1ncc(C(F)F)cn1)C2. The number of carbonyl (C=O) groups is 1. The Labute approximate surface area is 114 Å². The Morgan fingerprint density at radius 3 is 2.70 bits per heavy atom. The van der Waals surface area contributed by atoms with E-state index >= 15 is 0 Å². The number of aliphatic carboxylic acids is 1. The van der Waals surface area contributed by atoms with Gasteiger partial charge in [-0.2, -0.15) is 0 Å². The molecule has 0 spiro atoms. The monoisotopic (exact) mass is 283 g/mol. The zero-order valence-electron chi connectivity index (χ0n) is 10.8. The second kappa shape index (κ2) is 4.64. The standard InChI is InChI=1S/C13H15F2N3O2/c14-10(15)8-4-16-12(17-5-8)18-6-9-2-1-3-13(9,7-18)11(19)20/h4-5,9-10H,1-3,6-7H2,(H,19,20)/t9-,13+/m0/s1. The van der Waals surface area contributed by atoms with Crippen molar-refractivity contribution >= 4 is 11.9 Å². The van der Waals surface area contributed by atoms with Crippen LogP contribution >= 0.6 is 0 Å². The zero-order valence-corrected chi connectivity index (χ0v) is 10.8. The van der Waals surface area contributed by atoms with Gasteiger partial charge in [-0.15, -0.1) is 0 Å². The van der Waals surface area contributed by atoms with Crippen molar-refractivity contribution in [3.8, 4) is 0 Å². The van der Waals surface area contributed by atoms with Gasteiger partial charge in [-0.05, 0) is 18.8 Å². The normalized spacial score (nSPS) is 28.9. The fourth-order valence-electron chi connectivity index (χ4n) is 3.40. The molecule has 0 unspecified atom stereocenters. The minimum Gasteiger partial charge on any atom is -0.481 e. The molecule has 1 aliphatic carbocycles. The second-order valence-electron chi connectivity index (χ2n) is 5.55. The van der Waals surface area contributed by atoms with Crippen LogP contribution in [0.1, 0.15) is 31.3 Å². The number of fused-ring (bicyclic) bond motifs is 1. The quantitative estimate of drug-likeness (QED) is 0.920. The van der Waals surface area contributed by atoms with Crippen LogP contribution in [-0.2, 0) is 4.79 Å². The highest BCUT2D eigenvalue weighted by atomic mass is 19.3. The molecule has 1 N–H and O–H groups in total. The molecule has 1 aliphatic heterocycles. The first-order valence-corrected chi connectivity index (χ1v) is 6.61. The number of carboxylic acid groups (broad SMARTS) is 1. The highest BCUT2D eigenvalue weighted by Crippen LogP contribution is 2.49. The van der Waals surface area contributed by atoms with Gasteiger partial charge in [0.15, 0.2) is 0 Å². The summed E-state index contributed by atoms with van der Waals surface area (Å²) >= 11 is 0. The number of halogens is 2.